The molecule has 1 heterocycles. The molecule has 3 aromatic carbocycles. The molecule has 0 radical (unpaired) electrons. The first kappa shape index (κ1) is 26.7. The van der Waals surface area contributed by atoms with Crippen LogP contribution >= 0.6 is 11.6 Å². The van der Waals surface area contributed by atoms with Gasteiger partial charge in [-0.15, -0.1) is 0 Å². The van der Waals surface area contributed by atoms with Gasteiger partial charge in [-0.2, -0.15) is 0 Å². The van der Waals surface area contributed by atoms with Crippen LogP contribution in [0.3, 0.4) is 0 Å². The van der Waals surface area contributed by atoms with Gasteiger partial charge in [-0.3, -0.25) is 4.79 Å². The van der Waals surface area contributed by atoms with Crippen molar-refractivity contribution < 1.29 is 9.53 Å². The van der Waals surface area contributed by atoms with Crippen molar-refractivity contribution >= 4 is 28.5 Å². The molecule has 0 saturated carbocycles. The van der Waals surface area contributed by atoms with Gasteiger partial charge in [0, 0.05) is 31.0 Å². The maximum atomic E-state index is 12.1. The molecule has 4 aromatic rings. The van der Waals surface area contributed by atoms with Crippen molar-refractivity contribution in [2.24, 2.45) is 0 Å². The Hall–Kier alpha value is -3.31. The first-order valence-corrected chi connectivity index (χ1v) is 13.6. The van der Waals surface area contributed by atoms with Crippen molar-refractivity contribution in [3.8, 4) is 5.75 Å². The molecule has 0 fully saturated rings. The van der Waals surface area contributed by atoms with Gasteiger partial charge in [-0.1, -0.05) is 60.5 Å². The summed E-state index contributed by atoms with van der Waals surface area (Å²) in [5.41, 5.74) is 4.43. The molecular formula is C31H36ClN3O2. The van der Waals surface area contributed by atoms with Crippen LogP contribution in [0.2, 0.25) is 5.02 Å². The second-order valence-electron chi connectivity index (χ2n) is 9.43. The third-order valence-corrected chi connectivity index (χ3v) is 6.96. The van der Waals surface area contributed by atoms with Crippen LogP contribution in [-0.2, 0) is 24.2 Å². The Bertz CT molecular complexity index is 1290. The zero-order chi connectivity index (χ0) is 25.9. The number of aryl methyl sites for hydroxylation is 4. The second-order valence-corrected chi connectivity index (χ2v) is 9.83. The van der Waals surface area contributed by atoms with Crippen LogP contribution in [0.25, 0.3) is 11.0 Å². The van der Waals surface area contributed by atoms with Crippen molar-refractivity contribution in [3.63, 3.8) is 0 Å². The number of benzene rings is 3. The lowest BCUT2D eigenvalue weighted by Crippen LogP contribution is -2.24. The van der Waals surface area contributed by atoms with Crippen LogP contribution in [0.15, 0.2) is 72.8 Å². The van der Waals surface area contributed by atoms with E-state index in [2.05, 4.69) is 40.2 Å². The maximum Gasteiger partial charge on any atom is 0.220 e. The molecule has 0 spiro atoms. The number of unbranched alkanes of at least 4 members (excludes halogenated alkanes) is 2. The fourth-order valence-electron chi connectivity index (χ4n) is 4.49. The number of rotatable bonds is 14. The molecule has 0 aliphatic heterocycles. The predicted octanol–water partition coefficient (Wildman–Crippen LogP) is 6.93. The minimum Gasteiger partial charge on any atom is -0.494 e. The summed E-state index contributed by atoms with van der Waals surface area (Å²) in [6, 6.07) is 24.2. The molecule has 194 valence electrons. The Morgan fingerprint density at radius 1 is 0.946 bits per heavy atom. The lowest BCUT2D eigenvalue weighted by molar-refractivity contribution is -0.121. The molecule has 1 N–H and O–H groups in total. The van der Waals surface area contributed by atoms with Gasteiger partial charge in [-0.25, -0.2) is 4.98 Å². The fourth-order valence-corrected chi connectivity index (χ4v) is 4.61. The van der Waals surface area contributed by atoms with Crippen molar-refractivity contribution in [1.82, 2.24) is 14.9 Å². The molecule has 0 unspecified atom stereocenters. The van der Waals surface area contributed by atoms with E-state index in [4.69, 9.17) is 21.3 Å². The van der Waals surface area contributed by atoms with Crippen LogP contribution in [-0.4, -0.2) is 28.6 Å². The summed E-state index contributed by atoms with van der Waals surface area (Å²) in [4.78, 5) is 17.0. The van der Waals surface area contributed by atoms with E-state index < -0.39 is 0 Å². The number of nitrogens with zero attached hydrogens (tertiary/aromatic N) is 2. The summed E-state index contributed by atoms with van der Waals surface area (Å²) in [6.45, 7) is 4.21. The molecular weight excluding hydrogens is 482 g/mol. The van der Waals surface area contributed by atoms with E-state index >= 15 is 0 Å². The molecule has 37 heavy (non-hydrogen) atoms. The third-order valence-electron chi connectivity index (χ3n) is 6.54. The van der Waals surface area contributed by atoms with Crippen LogP contribution in [0.1, 0.15) is 49.1 Å². The van der Waals surface area contributed by atoms with Crippen LogP contribution in [0.5, 0.6) is 5.75 Å². The second kappa shape index (κ2) is 13.8. The van der Waals surface area contributed by atoms with Gasteiger partial charge >= 0.3 is 0 Å². The van der Waals surface area contributed by atoms with Gasteiger partial charge in [0.05, 0.1) is 17.6 Å². The lowest BCUT2D eigenvalue weighted by Gasteiger charge is -2.11. The minimum atomic E-state index is 0.127. The summed E-state index contributed by atoms with van der Waals surface area (Å²) >= 11 is 6.12. The van der Waals surface area contributed by atoms with Crippen molar-refractivity contribution in [3.05, 3.63) is 94.8 Å². The van der Waals surface area contributed by atoms with Gasteiger partial charge < -0.3 is 14.6 Å². The number of imidazole rings is 1. The number of aromatic nitrogens is 2. The van der Waals surface area contributed by atoms with Crippen molar-refractivity contribution in [2.75, 3.05) is 13.2 Å². The first-order chi connectivity index (χ1) is 18.1. The highest BCUT2D eigenvalue weighted by Gasteiger charge is 2.10. The average Bonchev–Trinajstić information content (AvgIpc) is 3.27. The number of hydrogen-bond donors (Lipinski definition) is 1. The smallest absolute Gasteiger partial charge is 0.220 e. The highest BCUT2D eigenvalue weighted by atomic mass is 35.5. The number of carbonyl (C=O) groups excluding carboxylic acids is 1. The Morgan fingerprint density at radius 3 is 2.59 bits per heavy atom. The Balaban J connectivity index is 1.19. The predicted molar refractivity (Wildman–Crippen MR) is 151 cm³/mol. The normalized spacial score (nSPS) is 11.1. The molecule has 5 nitrogen and oxygen atoms in total. The number of halogens is 1. The molecule has 0 atom stereocenters. The Morgan fingerprint density at radius 2 is 1.76 bits per heavy atom. The van der Waals surface area contributed by atoms with Gasteiger partial charge in [0.15, 0.2) is 0 Å². The monoisotopic (exact) mass is 517 g/mol. The van der Waals surface area contributed by atoms with Crippen molar-refractivity contribution in [1.29, 1.82) is 0 Å². The molecule has 1 aromatic heterocycles. The topological polar surface area (TPSA) is 56.1 Å². The van der Waals surface area contributed by atoms with Crippen LogP contribution in [0.4, 0.5) is 0 Å². The van der Waals surface area contributed by atoms with E-state index in [0.29, 0.717) is 13.0 Å². The van der Waals surface area contributed by atoms with Crippen LogP contribution < -0.4 is 10.1 Å². The summed E-state index contributed by atoms with van der Waals surface area (Å²) in [5.74, 6) is 2.10. The highest BCUT2D eigenvalue weighted by molar-refractivity contribution is 6.31. The summed E-state index contributed by atoms with van der Waals surface area (Å²) in [6.07, 6.45) is 6.22. The lowest BCUT2D eigenvalue weighted by atomic mass is 10.1. The van der Waals surface area contributed by atoms with Gasteiger partial charge in [0.25, 0.3) is 0 Å². The van der Waals surface area contributed by atoms with E-state index in [0.717, 1.165) is 79.3 Å². The molecule has 0 aliphatic carbocycles. The van der Waals surface area contributed by atoms with Gasteiger partial charge in [-0.05, 0) is 74.1 Å². The molecule has 1 amide bonds. The van der Waals surface area contributed by atoms with Crippen molar-refractivity contribution in [2.45, 2.75) is 58.4 Å². The SMILES string of the molecule is Cc1cc(OCCCn2c(CCCCCNC(=O)CCc3ccccc3)nc3ccccc32)ccc1Cl. The fraction of sp³-hybridized carbons (Fsp3) is 0.355. The summed E-state index contributed by atoms with van der Waals surface area (Å²) in [7, 11) is 0. The third kappa shape index (κ3) is 8.09. The number of amides is 1. The molecule has 0 bridgehead atoms. The van der Waals surface area contributed by atoms with E-state index in [1.807, 2.05) is 49.4 Å². The number of hydrogen-bond acceptors (Lipinski definition) is 3. The largest absolute Gasteiger partial charge is 0.494 e. The van der Waals surface area contributed by atoms with Crippen LogP contribution in [0, 0.1) is 6.92 Å². The first-order valence-electron chi connectivity index (χ1n) is 13.2. The standard InChI is InChI=1S/C31H36ClN3O2/c1-24-23-26(17-18-27(24)32)37-22-10-21-35-29-14-8-7-13-28(29)34-30(35)15-6-3-9-20-33-31(36)19-16-25-11-4-2-5-12-25/h2,4-5,7-8,11-14,17-18,23H,3,6,9-10,15-16,19-22H2,1H3,(H,33,36). The Kier molecular flexibility index (Phi) is 10.0. The molecule has 4 rings (SSSR count). The molecule has 0 saturated heterocycles. The van der Waals surface area contributed by atoms with E-state index in [-0.39, 0.29) is 5.91 Å². The Labute approximate surface area is 224 Å². The average molecular weight is 518 g/mol. The number of para-hydroxylation sites is 2. The van der Waals surface area contributed by atoms with E-state index in [9.17, 15) is 4.79 Å². The van der Waals surface area contributed by atoms with E-state index in [1.54, 1.807) is 0 Å². The summed E-state index contributed by atoms with van der Waals surface area (Å²) < 4.78 is 8.28. The molecule has 6 heteroatoms. The minimum absolute atomic E-state index is 0.127. The zero-order valence-corrected chi connectivity index (χ0v) is 22.3. The highest BCUT2D eigenvalue weighted by Crippen LogP contribution is 2.22. The van der Waals surface area contributed by atoms with E-state index in [1.165, 1.54) is 11.1 Å². The summed E-state index contributed by atoms with van der Waals surface area (Å²) in [5, 5.41) is 3.81. The van der Waals surface area contributed by atoms with Gasteiger partial charge in [0.2, 0.25) is 5.91 Å². The number of ether oxygens (including phenoxy) is 1. The van der Waals surface area contributed by atoms with Gasteiger partial charge in [0.1, 0.15) is 11.6 Å². The quantitative estimate of drug-likeness (QED) is 0.184. The number of nitrogens with one attached hydrogen (secondary N) is 1. The number of carbonyl (C=O) groups is 1. The zero-order valence-electron chi connectivity index (χ0n) is 21.6. The molecule has 0 aliphatic rings. The number of fused-ring (bicyclic) bond motifs is 1. The maximum absolute atomic E-state index is 12.1.